The Morgan fingerprint density at radius 1 is 1.17 bits per heavy atom. The minimum Gasteiger partial charge on any atom is -0.455 e. The largest absolute Gasteiger partial charge is 0.455 e. The molecule has 158 valence electrons. The zero-order valence-electron chi connectivity index (χ0n) is 16.8. The van der Waals surface area contributed by atoms with Crippen molar-refractivity contribution in [2.24, 2.45) is 5.92 Å². The SMILES string of the molecule is C[C@H](c1ccccc1)N1C[C@H](C(=O)OCC(=O)NCCc2ccccc2F)CC1=O. The summed E-state index contributed by atoms with van der Waals surface area (Å²) in [4.78, 5) is 38.2. The van der Waals surface area contributed by atoms with Gasteiger partial charge in [0.15, 0.2) is 6.61 Å². The van der Waals surface area contributed by atoms with Crippen molar-refractivity contribution in [3.8, 4) is 0 Å². The first-order valence-electron chi connectivity index (χ1n) is 9.97. The van der Waals surface area contributed by atoms with Crippen molar-refractivity contribution < 1.29 is 23.5 Å². The monoisotopic (exact) mass is 412 g/mol. The predicted molar refractivity (Wildman–Crippen MR) is 109 cm³/mol. The van der Waals surface area contributed by atoms with Crippen LogP contribution in [0.15, 0.2) is 54.6 Å². The molecule has 30 heavy (non-hydrogen) atoms. The maximum absolute atomic E-state index is 13.6. The van der Waals surface area contributed by atoms with E-state index >= 15 is 0 Å². The molecule has 0 radical (unpaired) electrons. The van der Waals surface area contributed by atoms with Gasteiger partial charge in [0, 0.05) is 19.5 Å². The van der Waals surface area contributed by atoms with E-state index in [1.54, 1.807) is 23.1 Å². The fraction of sp³-hybridized carbons (Fsp3) is 0.348. The molecule has 1 aliphatic rings. The van der Waals surface area contributed by atoms with Gasteiger partial charge in [0.05, 0.1) is 12.0 Å². The van der Waals surface area contributed by atoms with Crippen LogP contribution >= 0.6 is 0 Å². The molecule has 1 saturated heterocycles. The molecule has 0 saturated carbocycles. The average molecular weight is 412 g/mol. The Hall–Kier alpha value is -3.22. The van der Waals surface area contributed by atoms with Crippen molar-refractivity contribution in [3.05, 3.63) is 71.5 Å². The third-order valence-corrected chi connectivity index (χ3v) is 5.26. The Bertz CT molecular complexity index is 903. The van der Waals surface area contributed by atoms with Crippen molar-refractivity contribution >= 4 is 17.8 Å². The lowest BCUT2D eigenvalue weighted by Gasteiger charge is -2.25. The number of esters is 1. The molecule has 2 amide bonds. The lowest BCUT2D eigenvalue weighted by Crippen LogP contribution is -2.33. The molecule has 3 rings (SSSR count). The first-order valence-corrected chi connectivity index (χ1v) is 9.97. The van der Waals surface area contributed by atoms with Crippen LogP contribution in [-0.4, -0.2) is 42.4 Å². The summed E-state index contributed by atoms with van der Waals surface area (Å²) in [5.74, 6) is -2.04. The van der Waals surface area contributed by atoms with Crippen LogP contribution in [0.1, 0.15) is 30.5 Å². The van der Waals surface area contributed by atoms with Crippen LogP contribution in [0.2, 0.25) is 0 Å². The highest BCUT2D eigenvalue weighted by molar-refractivity contribution is 5.88. The van der Waals surface area contributed by atoms with E-state index in [0.29, 0.717) is 12.0 Å². The Morgan fingerprint density at radius 3 is 2.60 bits per heavy atom. The Balaban J connectivity index is 1.42. The number of benzene rings is 2. The van der Waals surface area contributed by atoms with Gasteiger partial charge < -0.3 is 15.0 Å². The summed E-state index contributed by atoms with van der Waals surface area (Å²) in [6.45, 7) is 2.00. The predicted octanol–water partition coefficient (Wildman–Crippen LogP) is 2.64. The second kappa shape index (κ2) is 10.0. The molecular formula is C23H25FN2O4. The molecule has 2 aromatic carbocycles. The second-order valence-electron chi connectivity index (χ2n) is 7.33. The van der Waals surface area contributed by atoms with Gasteiger partial charge in [0.25, 0.3) is 5.91 Å². The Kier molecular flexibility index (Phi) is 7.17. The van der Waals surface area contributed by atoms with Crippen molar-refractivity contribution in [3.63, 3.8) is 0 Å². The van der Waals surface area contributed by atoms with Gasteiger partial charge in [-0.25, -0.2) is 4.39 Å². The smallest absolute Gasteiger partial charge is 0.311 e. The van der Waals surface area contributed by atoms with E-state index in [1.807, 2.05) is 37.3 Å². The number of rotatable bonds is 8. The van der Waals surface area contributed by atoms with Crippen molar-refractivity contribution in [1.82, 2.24) is 10.2 Å². The van der Waals surface area contributed by atoms with Gasteiger partial charge in [-0.15, -0.1) is 0 Å². The van der Waals surface area contributed by atoms with Crippen LogP contribution in [0, 0.1) is 11.7 Å². The number of hydrogen-bond acceptors (Lipinski definition) is 4. The summed E-state index contributed by atoms with van der Waals surface area (Å²) in [5, 5.41) is 2.60. The molecule has 0 aromatic heterocycles. The summed E-state index contributed by atoms with van der Waals surface area (Å²) in [6.07, 6.45) is 0.417. The number of ether oxygens (including phenoxy) is 1. The van der Waals surface area contributed by atoms with Crippen LogP contribution < -0.4 is 5.32 Å². The molecule has 6 nitrogen and oxygen atoms in total. The van der Waals surface area contributed by atoms with Crippen LogP contribution in [0.3, 0.4) is 0 Å². The summed E-state index contributed by atoms with van der Waals surface area (Å²) in [7, 11) is 0. The van der Waals surface area contributed by atoms with E-state index in [4.69, 9.17) is 4.74 Å². The highest BCUT2D eigenvalue weighted by Gasteiger charge is 2.38. The highest BCUT2D eigenvalue weighted by Crippen LogP contribution is 2.28. The zero-order chi connectivity index (χ0) is 21.5. The molecular weight excluding hydrogens is 387 g/mol. The normalized spacial score (nSPS) is 16.9. The fourth-order valence-electron chi connectivity index (χ4n) is 3.52. The minimum atomic E-state index is -0.588. The van der Waals surface area contributed by atoms with Gasteiger partial charge in [-0.3, -0.25) is 14.4 Å². The molecule has 2 atom stereocenters. The number of likely N-dealkylation sites (tertiary alicyclic amines) is 1. The molecule has 7 heteroatoms. The summed E-state index contributed by atoms with van der Waals surface area (Å²) in [6, 6.07) is 15.8. The van der Waals surface area contributed by atoms with E-state index in [-0.39, 0.29) is 37.3 Å². The minimum absolute atomic E-state index is 0.0743. The van der Waals surface area contributed by atoms with Gasteiger partial charge in [-0.05, 0) is 30.5 Å². The third kappa shape index (κ3) is 5.43. The number of nitrogens with zero attached hydrogens (tertiary/aromatic N) is 1. The molecule has 1 N–H and O–H groups in total. The Labute approximate surface area is 175 Å². The molecule has 0 spiro atoms. The first-order chi connectivity index (χ1) is 14.5. The third-order valence-electron chi connectivity index (χ3n) is 5.26. The molecule has 1 heterocycles. The van der Waals surface area contributed by atoms with Crippen LogP contribution in [0.25, 0.3) is 0 Å². The van der Waals surface area contributed by atoms with Gasteiger partial charge in [-0.2, -0.15) is 0 Å². The maximum Gasteiger partial charge on any atom is 0.311 e. The van der Waals surface area contributed by atoms with Crippen LogP contribution in [0.4, 0.5) is 4.39 Å². The van der Waals surface area contributed by atoms with E-state index in [0.717, 1.165) is 5.56 Å². The lowest BCUT2D eigenvalue weighted by molar-refractivity contribution is -0.152. The maximum atomic E-state index is 13.6. The topological polar surface area (TPSA) is 75.7 Å². The van der Waals surface area contributed by atoms with E-state index in [9.17, 15) is 18.8 Å². The first kappa shape index (κ1) is 21.5. The lowest BCUT2D eigenvalue weighted by atomic mass is 10.1. The van der Waals surface area contributed by atoms with Gasteiger partial charge in [0.1, 0.15) is 5.82 Å². The number of nitrogens with one attached hydrogen (secondary N) is 1. The van der Waals surface area contributed by atoms with Gasteiger partial charge in [0.2, 0.25) is 5.91 Å². The molecule has 0 aliphatic carbocycles. The van der Waals surface area contributed by atoms with Gasteiger partial charge >= 0.3 is 5.97 Å². The van der Waals surface area contributed by atoms with Gasteiger partial charge in [-0.1, -0.05) is 48.5 Å². The van der Waals surface area contributed by atoms with Crippen LogP contribution in [0.5, 0.6) is 0 Å². The number of carbonyl (C=O) groups excluding carboxylic acids is 3. The standard InChI is InChI=1S/C23H25FN2O4/c1-16(17-7-3-2-4-8-17)26-14-19(13-22(26)28)23(29)30-15-21(27)25-12-11-18-9-5-6-10-20(18)24/h2-10,16,19H,11-15H2,1H3,(H,25,27)/t16-,19-/m1/s1. The van der Waals surface area contributed by atoms with Crippen LogP contribution in [-0.2, 0) is 25.5 Å². The highest BCUT2D eigenvalue weighted by atomic mass is 19.1. The zero-order valence-corrected chi connectivity index (χ0v) is 16.8. The summed E-state index contributed by atoms with van der Waals surface area (Å²) in [5.41, 5.74) is 1.50. The second-order valence-corrected chi connectivity index (χ2v) is 7.33. The quantitative estimate of drug-likeness (QED) is 0.677. The molecule has 0 bridgehead atoms. The number of amides is 2. The van der Waals surface area contributed by atoms with E-state index < -0.39 is 24.4 Å². The number of hydrogen-bond donors (Lipinski definition) is 1. The van der Waals surface area contributed by atoms with E-state index in [2.05, 4.69) is 5.32 Å². The van der Waals surface area contributed by atoms with Crippen molar-refractivity contribution in [1.29, 1.82) is 0 Å². The summed E-state index contributed by atoms with van der Waals surface area (Å²) >= 11 is 0. The molecule has 0 unspecified atom stereocenters. The van der Waals surface area contributed by atoms with Crippen molar-refractivity contribution in [2.75, 3.05) is 19.7 Å². The molecule has 2 aromatic rings. The van der Waals surface area contributed by atoms with E-state index in [1.165, 1.54) is 6.07 Å². The Morgan fingerprint density at radius 2 is 1.87 bits per heavy atom. The number of carbonyl (C=O) groups is 3. The molecule has 1 fully saturated rings. The molecule has 1 aliphatic heterocycles. The number of halogens is 1. The fourth-order valence-corrected chi connectivity index (χ4v) is 3.52. The van der Waals surface area contributed by atoms with Crippen molar-refractivity contribution in [2.45, 2.75) is 25.8 Å². The average Bonchev–Trinajstić information content (AvgIpc) is 3.15. The summed E-state index contributed by atoms with van der Waals surface area (Å²) < 4.78 is 18.6.